The molecule has 0 unspecified atom stereocenters. The highest BCUT2D eigenvalue weighted by Gasteiger charge is 2.46. The molecule has 1 saturated carbocycles. The van der Waals surface area contributed by atoms with Gasteiger partial charge in [0.25, 0.3) is 0 Å². The van der Waals surface area contributed by atoms with Gasteiger partial charge >= 0.3 is 5.97 Å². The van der Waals surface area contributed by atoms with Gasteiger partial charge in [-0.3, -0.25) is 9.69 Å². The molecule has 3 nitrogen and oxygen atoms in total. The van der Waals surface area contributed by atoms with Crippen LogP contribution >= 0.6 is 0 Å². The van der Waals surface area contributed by atoms with Crippen LogP contribution in [0.3, 0.4) is 0 Å². The smallest absolute Gasteiger partial charge is 0.324 e. The molecule has 88 valence electrons. The van der Waals surface area contributed by atoms with Crippen LogP contribution in [-0.2, 0) is 4.79 Å². The SMILES string of the molecule is CCCC(CCC)(C(=O)O)N(C)C1CC1. The summed E-state index contributed by atoms with van der Waals surface area (Å²) in [5, 5.41) is 9.49. The van der Waals surface area contributed by atoms with Gasteiger partial charge in [0, 0.05) is 6.04 Å². The van der Waals surface area contributed by atoms with Crippen LogP contribution in [0.5, 0.6) is 0 Å². The number of likely N-dealkylation sites (N-methyl/N-ethyl adjacent to an activating group) is 1. The van der Waals surface area contributed by atoms with Crippen molar-refractivity contribution in [3.05, 3.63) is 0 Å². The summed E-state index contributed by atoms with van der Waals surface area (Å²) in [6.07, 6.45) is 5.73. The number of aliphatic carboxylic acids is 1. The molecule has 0 radical (unpaired) electrons. The summed E-state index contributed by atoms with van der Waals surface area (Å²) >= 11 is 0. The van der Waals surface area contributed by atoms with Crippen LogP contribution in [0.15, 0.2) is 0 Å². The van der Waals surface area contributed by atoms with Crippen molar-refractivity contribution in [2.24, 2.45) is 0 Å². The lowest BCUT2D eigenvalue weighted by Crippen LogP contribution is -2.53. The van der Waals surface area contributed by atoms with E-state index in [0.29, 0.717) is 6.04 Å². The van der Waals surface area contributed by atoms with Gasteiger partial charge in [0.15, 0.2) is 0 Å². The number of nitrogens with zero attached hydrogens (tertiary/aromatic N) is 1. The number of carbonyl (C=O) groups is 1. The second-order valence-corrected chi connectivity index (χ2v) is 4.68. The third-order valence-corrected chi connectivity index (χ3v) is 3.50. The maximum Gasteiger partial charge on any atom is 0.324 e. The van der Waals surface area contributed by atoms with Gasteiger partial charge in [-0.15, -0.1) is 0 Å². The van der Waals surface area contributed by atoms with E-state index in [0.717, 1.165) is 25.7 Å². The molecule has 0 aromatic heterocycles. The first-order valence-corrected chi connectivity index (χ1v) is 6.04. The van der Waals surface area contributed by atoms with Crippen molar-refractivity contribution in [3.8, 4) is 0 Å². The van der Waals surface area contributed by atoms with Crippen LogP contribution in [0.25, 0.3) is 0 Å². The zero-order chi connectivity index (χ0) is 11.5. The summed E-state index contributed by atoms with van der Waals surface area (Å²) in [5.41, 5.74) is -0.606. The fourth-order valence-corrected chi connectivity index (χ4v) is 2.48. The number of carboxylic acid groups (broad SMARTS) is 1. The van der Waals surface area contributed by atoms with Gasteiger partial charge in [-0.25, -0.2) is 0 Å². The normalized spacial score (nSPS) is 17.1. The number of carboxylic acids is 1. The lowest BCUT2D eigenvalue weighted by atomic mass is 9.87. The molecule has 0 aromatic rings. The molecule has 0 atom stereocenters. The van der Waals surface area contributed by atoms with E-state index >= 15 is 0 Å². The van der Waals surface area contributed by atoms with Crippen LogP contribution in [0.4, 0.5) is 0 Å². The van der Waals surface area contributed by atoms with Crippen molar-refractivity contribution in [2.75, 3.05) is 7.05 Å². The molecule has 0 spiro atoms. The maximum absolute atomic E-state index is 11.5. The molecular formula is C12H23NO2. The molecule has 1 aliphatic rings. The van der Waals surface area contributed by atoms with E-state index in [4.69, 9.17) is 0 Å². The van der Waals surface area contributed by atoms with E-state index < -0.39 is 11.5 Å². The second kappa shape index (κ2) is 4.97. The van der Waals surface area contributed by atoms with Gasteiger partial charge in [-0.1, -0.05) is 26.7 Å². The van der Waals surface area contributed by atoms with E-state index in [1.807, 2.05) is 7.05 Å². The largest absolute Gasteiger partial charge is 0.480 e. The molecule has 15 heavy (non-hydrogen) atoms. The van der Waals surface area contributed by atoms with Gasteiger partial charge in [0.2, 0.25) is 0 Å². The first-order chi connectivity index (χ1) is 7.08. The van der Waals surface area contributed by atoms with E-state index in [2.05, 4.69) is 18.7 Å². The molecule has 0 aliphatic heterocycles. The van der Waals surface area contributed by atoms with Gasteiger partial charge in [0.1, 0.15) is 5.54 Å². The Kier molecular flexibility index (Phi) is 4.14. The Morgan fingerprint density at radius 3 is 2.07 bits per heavy atom. The molecule has 3 heteroatoms. The molecule has 1 N–H and O–H groups in total. The molecule has 1 rings (SSSR count). The predicted molar refractivity (Wildman–Crippen MR) is 61.0 cm³/mol. The van der Waals surface area contributed by atoms with Crippen LogP contribution in [0.2, 0.25) is 0 Å². The molecule has 0 bridgehead atoms. The minimum Gasteiger partial charge on any atom is -0.480 e. The van der Waals surface area contributed by atoms with E-state index in [9.17, 15) is 9.90 Å². The van der Waals surface area contributed by atoms with Crippen molar-refractivity contribution in [3.63, 3.8) is 0 Å². The van der Waals surface area contributed by atoms with Crippen molar-refractivity contribution < 1.29 is 9.90 Å². The summed E-state index contributed by atoms with van der Waals surface area (Å²) in [4.78, 5) is 13.6. The van der Waals surface area contributed by atoms with Crippen molar-refractivity contribution in [1.29, 1.82) is 0 Å². The Balaban J connectivity index is 2.82. The summed E-state index contributed by atoms with van der Waals surface area (Å²) in [5.74, 6) is -0.638. The average molecular weight is 213 g/mol. The van der Waals surface area contributed by atoms with E-state index in [1.165, 1.54) is 12.8 Å². The van der Waals surface area contributed by atoms with Crippen LogP contribution in [0, 0.1) is 0 Å². The topological polar surface area (TPSA) is 40.5 Å². The molecule has 1 aliphatic carbocycles. The lowest BCUT2D eigenvalue weighted by molar-refractivity contribution is -0.152. The van der Waals surface area contributed by atoms with Crippen molar-refractivity contribution in [2.45, 2.75) is 64.0 Å². The zero-order valence-corrected chi connectivity index (χ0v) is 10.1. The first-order valence-electron chi connectivity index (χ1n) is 6.04. The number of hydrogen-bond acceptors (Lipinski definition) is 2. The summed E-state index contributed by atoms with van der Waals surface area (Å²) < 4.78 is 0. The summed E-state index contributed by atoms with van der Waals surface area (Å²) in [6.45, 7) is 4.13. The lowest BCUT2D eigenvalue weighted by Gasteiger charge is -2.38. The minimum atomic E-state index is -0.638. The van der Waals surface area contributed by atoms with Crippen molar-refractivity contribution in [1.82, 2.24) is 4.90 Å². The van der Waals surface area contributed by atoms with E-state index in [1.54, 1.807) is 0 Å². The Morgan fingerprint density at radius 2 is 1.80 bits per heavy atom. The van der Waals surface area contributed by atoms with Gasteiger partial charge in [-0.2, -0.15) is 0 Å². The first kappa shape index (κ1) is 12.5. The maximum atomic E-state index is 11.5. The van der Waals surface area contributed by atoms with Gasteiger partial charge < -0.3 is 5.11 Å². The zero-order valence-electron chi connectivity index (χ0n) is 10.1. The quantitative estimate of drug-likeness (QED) is 0.706. The van der Waals surface area contributed by atoms with Crippen molar-refractivity contribution >= 4 is 5.97 Å². The molecule has 0 heterocycles. The highest BCUT2D eigenvalue weighted by atomic mass is 16.4. The average Bonchev–Trinajstić information content (AvgIpc) is 2.99. The fraction of sp³-hybridized carbons (Fsp3) is 0.917. The minimum absolute atomic E-state index is 0.513. The monoisotopic (exact) mass is 213 g/mol. The highest BCUT2D eigenvalue weighted by molar-refractivity contribution is 5.78. The predicted octanol–water partition coefficient (Wildman–Crippen LogP) is 2.50. The Hall–Kier alpha value is -0.570. The summed E-state index contributed by atoms with van der Waals surface area (Å²) in [7, 11) is 1.98. The second-order valence-electron chi connectivity index (χ2n) is 4.68. The molecule has 0 aromatic carbocycles. The Bertz CT molecular complexity index is 218. The van der Waals surface area contributed by atoms with Crippen LogP contribution < -0.4 is 0 Å². The number of hydrogen-bond donors (Lipinski definition) is 1. The van der Waals surface area contributed by atoms with E-state index in [-0.39, 0.29) is 0 Å². The van der Waals surface area contributed by atoms with Gasteiger partial charge in [-0.05, 0) is 32.7 Å². The highest BCUT2D eigenvalue weighted by Crippen LogP contribution is 2.36. The molecule has 1 fully saturated rings. The third-order valence-electron chi connectivity index (χ3n) is 3.50. The van der Waals surface area contributed by atoms with Crippen LogP contribution in [0.1, 0.15) is 52.4 Å². The standard InChI is InChI=1S/C12H23NO2/c1-4-8-12(9-5-2,11(14)15)13(3)10-6-7-10/h10H,4-9H2,1-3H3,(H,14,15). The summed E-state index contributed by atoms with van der Waals surface area (Å²) in [6, 6.07) is 0.513. The Morgan fingerprint density at radius 1 is 1.33 bits per heavy atom. The fourth-order valence-electron chi connectivity index (χ4n) is 2.48. The molecular weight excluding hydrogens is 190 g/mol. The van der Waals surface area contributed by atoms with Gasteiger partial charge in [0.05, 0.1) is 0 Å². The van der Waals surface area contributed by atoms with Crippen LogP contribution in [-0.4, -0.2) is 34.6 Å². The number of rotatable bonds is 7. The Labute approximate surface area is 92.5 Å². The third kappa shape index (κ3) is 2.51. The molecule has 0 saturated heterocycles. The molecule has 0 amide bonds.